The summed E-state index contributed by atoms with van der Waals surface area (Å²) in [5, 5.41) is 23.0. The molecule has 9 heteroatoms. The molecule has 3 aromatic heterocycles. The van der Waals surface area contributed by atoms with Crippen molar-refractivity contribution in [1.82, 2.24) is 29.9 Å². The van der Waals surface area contributed by atoms with Crippen LogP contribution in [-0.4, -0.2) is 41.2 Å². The Balaban J connectivity index is 1.79. The highest BCUT2D eigenvalue weighted by atomic mass is 19.1. The summed E-state index contributed by atoms with van der Waals surface area (Å²) in [5.41, 5.74) is 3.34. The van der Waals surface area contributed by atoms with Gasteiger partial charge in [0, 0.05) is 18.3 Å². The lowest BCUT2D eigenvalue weighted by molar-refractivity contribution is 0.168. The van der Waals surface area contributed by atoms with Crippen LogP contribution >= 0.6 is 0 Å². The van der Waals surface area contributed by atoms with Gasteiger partial charge in [0.25, 0.3) is 0 Å². The molecule has 200 valence electrons. The summed E-state index contributed by atoms with van der Waals surface area (Å²) in [5.74, 6) is -1.59. The van der Waals surface area contributed by atoms with Gasteiger partial charge in [0.05, 0.1) is 41.5 Å². The van der Waals surface area contributed by atoms with E-state index in [1.54, 1.807) is 36.3 Å². The molecule has 0 fully saturated rings. The average molecular weight is 521 g/mol. The van der Waals surface area contributed by atoms with Crippen molar-refractivity contribution < 1.29 is 13.9 Å². The zero-order valence-corrected chi connectivity index (χ0v) is 22.7. The van der Waals surface area contributed by atoms with E-state index in [0.29, 0.717) is 29.3 Å². The van der Waals surface area contributed by atoms with Crippen LogP contribution in [0.2, 0.25) is 0 Å². The van der Waals surface area contributed by atoms with Crippen LogP contribution in [0.15, 0.2) is 48.9 Å². The Morgan fingerprint density at radius 1 is 0.974 bits per heavy atom. The number of hydrogen-bond acceptors (Lipinski definition) is 6. The Morgan fingerprint density at radius 2 is 1.68 bits per heavy atom. The molecule has 2 unspecified atom stereocenters. The third-order valence-electron chi connectivity index (χ3n) is 6.76. The molecule has 3 heterocycles. The normalized spacial score (nSPS) is 14.3. The Hall–Kier alpha value is -3.59. The minimum absolute atomic E-state index is 0.0522. The Bertz CT molecular complexity index is 1390. The van der Waals surface area contributed by atoms with Gasteiger partial charge in [-0.05, 0) is 54.5 Å². The van der Waals surface area contributed by atoms with Crippen LogP contribution in [0.3, 0.4) is 0 Å². The number of nitrogens with zero attached hydrogens (tertiary/aromatic N) is 6. The fourth-order valence-corrected chi connectivity index (χ4v) is 4.92. The minimum Gasteiger partial charge on any atom is -0.391 e. The number of benzene rings is 1. The molecule has 4 rings (SSSR count). The second-order valence-electron chi connectivity index (χ2n) is 10.8. The van der Waals surface area contributed by atoms with Crippen LogP contribution in [0.1, 0.15) is 76.8 Å². The van der Waals surface area contributed by atoms with Crippen LogP contribution in [0.5, 0.6) is 0 Å². The van der Waals surface area contributed by atoms with Gasteiger partial charge in [-0.15, -0.1) is 0 Å². The lowest BCUT2D eigenvalue weighted by Crippen LogP contribution is -2.21. The molecule has 0 amide bonds. The summed E-state index contributed by atoms with van der Waals surface area (Å²) in [4.78, 5) is 9.22. The van der Waals surface area contributed by atoms with E-state index in [2.05, 4.69) is 48.0 Å². The summed E-state index contributed by atoms with van der Waals surface area (Å²) in [6, 6.07) is 7.38. The minimum atomic E-state index is -0.677. The predicted molar refractivity (Wildman–Crippen MR) is 142 cm³/mol. The van der Waals surface area contributed by atoms with Gasteiger partial charge in [-0.1, -0.05) is 40.7 Å². The largest absolute Gasteiger partial charge is 0.391 e. The van der Waals surface area contributed by atoms with Crippen molar-refractivity contribution in [3.63, 3.8) is 0 Å². The highest BCUT2D eigenvalue weighted by molar-refractivity contribution is 5.62. The fraction of sp³-hybridized carbons (Fsp3) is 0.414. The number of hydrogen-bond donors (Lipinski definition) is 1. The molecule has 4 aromatic rings. The second kappa shape index (κ2) is 11.0. The molecule has 0 spiro atoms. The monoisotopic (exact) mass is 520 g/mol. The summed E-state index contributed by atoms with van der Waals surface area (Å²) < 4.78 is 30.9. The fourth-order valence-electron chi connectivity index (χ4n) is 4.92. The molecule has 0 saturated heterocycles. The Morgan fingerprint density at radius 3 is 2.32 bits per heavy atom. The summed E-state index contributed by atoms with van der Waals surface area (Å²) in [7, 11) is 0. The van der Waals surface area contributed by atoms with E-state index in [1.165, 1.54) is 18.2 Å². The molecule has 0 radical (unpaired) electrons. The first-order valence-corrected chi connectivity index (χ1v) is 12.8. The van der Waals surface area contributed by atoms with Crippen molar-refractivity contribution >= 4 is 0 Å². The quantitative estimate of drug-likeness (QED) is 0.300. The molecule has 0 aliphatic heterocycles. The molecular formula is C29H34F2N6O. The van der Waals surface area contributed by atoms with E-state index in [-0.39, 0.29) is 28.5 Å². The third-order valence-corrected chi connectivity index (χ3v) is 6.76. The third kappa shape index (κ3) is 5.78. The number of rotatable bonds is 8. The van der Waals surface area contributed by atoms with E-state index < -0.39 is 17.7 Å². The zero-order valence-electron chi connectivity index (χ0n) is 22.7. The topological polar surface area (TPSA) is 89.6 Å². The van der Waals surface area contributed by atoms with Crippen LogP contribution in [-0.2, 0) is 6.54 Å². The molecule has 0 aliphatic rings. The molecule has 0 aliphatic carbocycles. The number of halogens is 2. The maximum Gasteiger partial charge on any atom is 0.135 e. The first kappa shape index (κ1) is 27.4. The standard InChI is InChI=1S/C29H34F2N6O/c1-7-20(29(4,5)6)19-13-24(27-21(30)9-8-10-22(27)31)34-35-28(19)18(3)25-14-32-15-26(33-25)23-11-12-37(36-23)16-17(2)38/h8-15,17-18,20,38H,7,16H2,1-6H3/t17-,18?,20?/m0/s1. The summed E-state index contributed by atoms with van der Waals surface area (Å²) in [6.07, 6.45) is 5.41. The van der Waals surface area contributed by atoms with Gasteiger partial charge in [-0.3, -0.25) is 9.67 Å². The van der Waals surface area contributed by atoms with Crippen LogP contribution in [0, 0.1) is 17.0 Å². The zero-order chi connectivity index (χ0) is 27.6. The van der Waals surface area contributed by atoms with Gasteiger partial charge in [-0.2, -0.15) is 15.3 Å². The molecule has 0 saturated carbocycles. The van der Waals surface area contributed by atoms with Crippen molar-refractivity contribution in [3.8, 4) is 22.6 Å². The number of aromatic nitrogens is 6. The maximum absolute atomic E-state index is 14.6. The SMILES string of the molecule is CCC(c1cc(-c2c(F)cccc2F)nnc1C(C)c1cncc(-c2ccn(C[C@H](C)O)n2)n1)C(C)(C)C. The van der Waals surface area contributed by atoms with Gasteiger partial charge in [-0.25, -0.2) is 13.8 Å². The van der Waals surface area contributed by atoms with Crippen LogP contribution < -0.4 is 0 Å². The number of aliphatic hydroxyl groups excluding tert-OH is 1. The van der Waals surface area contributed by atoms with Gasteiger partial charge in [0.1, 0.15) is 23.0 Å². The lowest BCUT2D eigenvalue weighted by Gasteiger charge is -2.32. The summed E-state index contributed by atoms with van der Waals surface area (Å²) >= 11 is 0. The lowest BCUT2D eigenvalue weighted by atomic mass is 9.73. The highest BCUT2D eigenvalue weighted by Gasteiger charge is 2.31. The Labute approximate surface area is 222 Å². The second-order valence-corrected chi connectivity index (χ2v) is 10.8. The van der Waals surface area contributed by atoms with Gasteiger partial charge < -0.3 is 5.11 Å². The van der Waals surface area contributed by atoms with Gasteiger partial charge >= 0.3 is 0 Å². The van der Waals surface area contributed by atoms with E-state index in [0.717, 1.165) is 12.0 Å². The van der Waals surface area contributed by atoms with Crippen molar-refractivity contribution in [2.75, 3.05) is 0 Å². The predicted octanol–water partition coefficient (Wildman–Crippen LogP) is 6.15. The van der Waals surface area contributed by atoms with Crippen molar-refractivity contribution in [3.05, 3.63) is 77.5 Å². The van der Waals surface area contributed by atoms with Gasteiger partial charge in [0.2, 0.25) is 0 Å². The van der Waals surface area contributed by atoms with Crippen molar-refractivity contribution in [2.45, 2.75) is 72.4 Å². The molecular weight excluding hydrogens is 486 g/mol. The summed E-state index contributed by atoms with van der Waals surface area (Å²) in [6.45, 7) is 12.6. The van der Waals surface area contributed by atoms with Crippen molar-refractivity contribution in [2.24, 2.45) is 5.41 Å². The maximum atomic E-state index is 14.6. The van der Waals surface area contributed by atoms with Crippen LogP contribution in [0.4, 0.5) is 8.78 Å². The van der Waals surface area contributed by atoms with E-state index in [1.807, 2.05) is 13.0 Å². The van der Waals surface area contributed by atoms with Crippen molar-refractivity contribution in [1.29, 1.82) is 0 Å². The molecule has 0 bridgehead atoms. The molecule has 38 heavy (non-hydrogen) atoms. The smallest absolute Gasteiger partial charge is 0.135 e. The molecule has 1 aromatic carbocycles. The number of aliphatic hydroxyl groups is 1. The average Bonchev–Trinajstić information content (AvgIpc) is 3.31. The van der Waals surface area contributed by atoms with E-state index in [4.69, 9.17) is 4.98 Å². The molecule has 3 atom stereocenters. The highest BCUT2D eigenvalue weighted by Crippen LogP contribution is 2.42. The first-order chi connectivity index (χ1) is 18.0. The first-order valence-electron chi connectivity index (χ1n) is 12.8. The Kier molecular flexibility index (Phi) is 7.97. The van der Waals surface area contributed by atoms with Crippen LogP contribution in [0.25, 0.3) is 22.6 Å². The molecule has 7 nitrogen and oxygen atoms in total. The van der Waals surface area contributed by atoms with E-state index in [9.17, 15) is 13.9 Å². The molecule has 1 N–H and O–H groups in total. The van der Waals surface area contributed by atoms with Gasteiger partial charge in [0.15, 0.2) is 0 Å². The van der Waals surface area contributed by atoms with E-state index >= 15 is 0 Å².